The van der Waals surface area contributed by atoms with Crippen molar-refractivity contribution >= 4 is 28.9 Å². The minimum atomic E-state index is -0.0948. The highest BCUT2D eigenvalue weighted by molar-refractivity contribution is 7.12. The Labute approximate surface area is 153 Å². The molecule has 2 heterocycles. The molecule has 2 rings (SSSR count). The number of piperazine rings is 1. The van der Waals surface area contributed by atoms with Gasteiger partial charge in [0.25, 0.3) is 0 Å². The summed E-state index contributed by atoms with van der Waals surface area (Å²) >= 11 is 1.43. The molecule has 1 aromatic rings. The summed E-state index contributed by atoms with van der Waals surface area (Å²) in [6.07, 6.45) is 1.58. The number of rotatable bonds is 9. The standard InChI is InChI=1S/C18H27N3O3S/c1-2-20-10-12-21(13-11-20)18(24)8-9-19-17(23)7-3-5-15(22)16-6-4-14-25-16/h4,6,14H,2-3,5,7-13H2,1H3,(H,19,23). The molecule has 1 fully saturated rings. The summed E-state index contributed by atoms with van der Waals surface area (Å²) in [5.74, 6) is 0.0932. The summed E-state index contributed by atoms with van der Waals surface area (Å²) < 4.78 is 0. The van der Waals surface area contributed by atoms with Gasteiger partial charge in [-0.3, -0.25) is 14.4 Å². The largest absolute Gasteiger partial charge is 0.356 e. The highest BCUT2D eigenvalue weighted by Gasteiger charge is 2.19. The first kappa shape index (κ1) is 19.6. The van der Waals surface area contributed by atoms with Crippen LogP contribution in [0.1, 0.15) is 42.3 Å². The first-order valence-electron chi connectivity index (χ1n) is 8.93. The number of nitrogens with zero attached hydrogens (tertiary/aromatic N) is 2. The van der Waals surface area contributed by atoms with E-state index in [1.54, 1.807) is 6.07 Å². The zero-order valence-electron chi connectivity index (χ0n) is 14.8. The van der Waals surface area contributed by atoms with E-state index in [1.807, 2.05) is 16.3 Å². The maximum atomic E-state index is 12.1. The van der Waals surface area contributed by atoms with Crippen LogP contribution in [0.25, 0.3) is 0 Å². The minimum Gasteiger partial charge on any atom is -0.356 e. The second kappa shape index (κ2) is 10.3. The van der Waals surface area contributed by atoms with E-state index in [0.29, 0.717) is 32.2 Å². The molecule has 0 radical (unpaired) electrons. The van der Waals surface area contributed by atoms with E-state index in [1.165, 1.54) is 11.3 Å². The maximum absolute atomic E-state index is 12.1. The van der Waals surface area contributed by atoms with Crippen LogP contribution in [-0.4, -0.2) is 66.7 Å². The van der Waals surface area contributed by atoms with Crippen LogP contribution < -0.4 is 5.32 Å². The molecule has 1 aromatic heterocycles. The number of likely N-dealkylation sites (N-methyl/N-ethyl adjacent to an activating group) is 1. The van der Waals surface area contributed by atoms with Gasteiger partial charge < -0.3 is 15.1 Å². The van der Waals surface area contributed by atoms with Crippen LogP contribution in [0.5, 0.6) is 0 Å². The molecule has 138 valence electrons. The Morgan fingerprint density at radius 1 is 1.12 bits per heavy atom. The van der Waals surface area contributed by atoms with Crippen molar-refractivity contribution in [2.24, 2.45) is 0 Å². The van der Waals surface area contributed by atoms with Crippen LogP contribution in [0.3, 0.4) is 0 Å². The lowest BCUT2D eigenvalue weighted by atomic mass is 10.1. The molecule has 0 unspecified atom stereocenters. The highest BCUT2D eigenvalue weighted by atomic mass is 32.1. The Morgan fingerprint density at radius 3 is 2.52 bits per heavy atom. The molecule has 1 saturated heterocycles. The molecule has 0 bridgehead atoms. The Bertz CT molecular complexity index is 566. The molecule has 0 saturated carbocycles. The van der Waals surface area contributed by atoms with Crippen molar-refractivity contribution < 1.29 is 14.4 Å². The number of hydrogen-bond donors (Lipinski definition) is 1. The van der Waals surface area contributed by atoms with Crippen molar-refractivity contribution in [3.63, 3.8) is 0 Å². The van der Waals surface area contributed by atoms with Gasteiger partial charge in [0.1, 0.15) is 0 Å². The first-order chi connectivity index (χ1) is 12.1. The molecular weight excluding hydrogens is 338 g/mol. The van der Waals surface area contributed by atoms with Crippen LogP contribution >= 0.6 is 11.3 Å². The third-order valence-corrected chi connectivity index (χ3v) is 5.35. The van der Waals surface area contributed by atoms with Gasteiger partial charge in [-0.15, -0.1) is 11.3 Å². The zero-order valence-corrected chi connectivity index (χ0v) is 15.6. The van der Waals surface area contributed by atoms with Crippen LogP contribution in [0.4, 0.5) is 0 Å². The van der Waals surface area contributed by atoms with Crippen LogP contribution in [0, 0.1) is 0 Å². The van der Waals surface area contributed by atoms with Crippen molar-refractivity contribution in [1.82, 2.24) is 15.1 Å². The predicted octanol–water partition coefficient (Wildman–Crippen LogP) is 1.77. The third kappa shape index (κ3) is 6.59. The normalized spacial score (nSPS) is 15.2. The molecule has 0 aromatic carbocycles. The van der Waals surface area contributed by atoms with E-state index in [-0.39, 0.29) is 17.6 Å². The van der Waals surface area contributed by atoms with E-state index in [4.69, 9.17) is 0 Å². The first-order valence-corrected chi connectivity index (χ1v) is 9.81. The Morgan fingerprint density at radius 2 is 1.88 bits per heavy atom. The lowest BCUT2D eigenvalue weighted by molar-refractivity contribution is -0.132. The maximum Gasteiger partial charge on any atom is 0.224 e. The molecule has 0 atom stereocenters. The van der Waals surface area contributed by atoms with Crippen molar-refractivity contribution in [3.8, 4) is 0 Å². The lowest BCUT2D eigenvalue weighted by Crippen LogP contribution is -2.49. The van der Waals surface area contributed by atoms with Gasteiger partial charge in [-0.05, 0) is 24.4 Å². The van der Waals surface area contributed by atoms with Gasteiger partial charge in [-0.1, -0.05) is 13.0 Å². The quantitative estimate of drug-likeness (QED) is 0.677. The fourth-order valence-electron chi connectivity index (χ4n) is 2.84. The summed E-state index contributed by atoms with van der Waals surface area (Å²) in [7, 11) is 0. The smallest absolute Gasteiger partial charge is 0.224 e. The fraction of sp³-hybridized carbons (Fsp3) is 0.611. The average molecular weight is 365 g/mol. The second-order valence-corrected chi connectivity index (χ2v) is 7.12. The van der Waals surface area contributed by atoms with Crippen LogP contribution in [0.2, 0.25) is 0 Å². The van der Waals surface area contributed by atoms with Crippen LogP contribution in [0.15, 0.2) is 17.5 Å². The molecule has 6 nitrogen and oxygen atoms in total. The Balaban J connectivity index is 1.54. The molecule has 0 spiro atoms. The number of amides is 2. The van der Waals surface area contributed by atoms with Gasteiger partial charge in [-0.2, -0.15) is 0 Å². The summed E-state index contributed by atoms with van der Waals surface area (Å²) in [6, 6.07) is 3.66. The SMILES string of the molecule is CCN1CCN(C(=O)CCNC(=O)CCCC(=O)c2cccs2)CC1. The van der Waals surface area contributed by atoms with Gasteiger partial charge in [-0.25, -0.2) is 0 Å². The van der Waals surface area contributed by atoms with Gasteiger partial charge in [0.2, 0.25) is 11.8 Å². The van der Waals surface area contributed by atoms with Gasteiger partial charge in [0.15, 0.2) is 5.78 Å². The summed E-state index contributed by atoms with van der Waals surface area (Å²) in [5, 5.41) is 4.65. The molecule has 1 N–H and O–H groups in total. The number of nitrogens with one attached hydrogen (secondary N) is 1. The molecule has 0 aliphatic carbocycles. The number of carbonyl (C=O) groups is 3. The van der Waals surface area contributed by atoms with E-state index in [0.717, 1.165) is 37.6 Å². The number of thiophene rings is 1. The number of ketones is 1. The molecule has 25 heavy (non-hydrogen) atoms. The number of hydrogen-bond acceptors (Lipinski definition) is 5. The number of carbonyl (C=O) groups excluding carboxylic acids is 3. The molecule has 2 amide bonds. The monoisotopic (exact) mass is 365 g/mol. The Kier molecular flexibility index (Phi) is 8.08. The van der Waals surface area contributed by atoms with Crippen molar-refractivity contribution in [3.05, 3.63) is 22.4 Å². The molecular formula is C18H27N3O3S. The Hall–Kier alpha value is -1.73. The fourth-order valence-corrected chi connectivity index (χ4v) is 3.53. The van der Waals surface area contributed by atoms with Gasteiger partial charge in [0.05, 0.1) is 4.88 Å². The van der Waals surface area contributed by atoms with Gasteiger partial charge in [0, 0.05) is 52.0 Å². The average Bonchev–Trinajstić information content (AvgIpc) is 3.16. The summed E-state index contributed by atoms with van der Waals surface area (Å²) in [6.45, 7) is 6.90. The summed E-state index contributed by atoms with van der Waals surface area (Å²) in [5.41, 5.74) is 0. The second-order valence-electron chi connectivity index (χ2n) is 6.17. The van der Waals surface area contributed by atoms with Crippen molar-refractivity contribution in [2.75, 3.05) is 39.3 Å². The number of Topliss-reactive ketones (excluding diaryl/α,β-unsaturated/α-hetero) is 1. The minimum absolute atomic E-state index is 0.0872. The zero-order chi connectivity index (χ0) is 18.1. The van der Waals surface area contributed by atoms with Gasteiger partial charge >= 0.3 is 0 Å². The lowest BCUT2D eigenvalue weighted by Gasteiger charge is -2.34. The van der Waals surface area contributed by atoms with E-state index < -0.39 is 0 Å². The third-order valence-electron chi connectivity index (χ3n) is 4.44. The van der Waals surface area contributed by atoms with E-state index in [9.17, 15) is 14.4 Å². The predicted molar refractivity (Wildman–Crippen MR) is 98.8 cm³/mol. The molecule has 1 aliphatic heterocycles. The summed E-state index contributed by atoms with van der Waals surface area (Å²) in [4.78, 5) is 40.7. The highest BCUT2D eigenvalue weighted by Crippen LogP contribution is 2.13. The van der Waals surface area contributed by atoms with E-state index >= 15 is 0 Å². The molecule has 1 aliphatic rings. The topological polar surface area (TPSA) is 69.7 Å². The van der Waals surface area contributed by atoms with Crippen LogP contribution in [-0.2, 0) is 9.59 Å². The van der Waals surface area contributed by atoms with E-state index in [2.05, 4.69) is 17.1 Å². The van der Waals surface area contributed by atoms with Crippen molar-refractivity contribution in [2.45, 2.75) is 32.6 Å². The molecule has 7 heteroatoms. The van der Waals surface area contributed by atoms with Crippen molar-refractivity contribution in [1.29, 1.82) is 0 Å².